The Morgan fingerprint density at radius 2 is 2.18 bits per heavy atom. The molecule has 0 spiro atoms. The Morgan fingerprint density at radius 3 is 2.59 bits per heavy atom. The van der Waals surface area contributed by atoms with Gasteiger partial charge in [-0.25, -0.2) is 0 Å². The zero-order valence-corrected chi connectivity index (χ0v) is 10.3. The summed E-state index contributed by atoms with van der Waals surface area (Å²) in [6.07, 6.45) is 5.00. The van der Waals surface area contributed by atoms with Crippen molar-refractivity contribution in [3.05, 3.63) is 24.3 Å². The van der Waals surface area contributed by atoms with Gasteiger partial charge in [-0.15, -0.1) is 0 Å². The number of aliphatic hydroxyl groups is 1. The first kappa shape index (κ1) is 13.6. The zero-order valence-electron chi connectivity index (χ0n) is 10.3. The number of nitrogens with zero attached hydrogens (tertiary/aromatic N) is 2. The summed E-state index contributed by atoms with van der Waals surface area (Å²) in [5.74, 6) is -2.07. The molecule has 0 saturated carbocycles. The minimum Gasteiger partial charge on any atom is -0.481 e. The highest BCUT2D eigenvalue weighted by atomic mass is 16.4. The Kier molecular flexibility index (Phi) is 4.17. The maximum atomic E-state index is 11.3. The number of carboxylic acid groups (broad SMARTS) is 1. The van der Waals surface area contributed by atoms with Crippen LogP contribution in [0.1, 0.15) is 32.9 Å². The Labute approximate surface area is 101 Å². The van der Waals surface area contributed by atoms with Gasteiger partial charge in [0.05, 0.1) is 17.8 Å². The molecule has 3 unspecified atom stereocenters. The predicted molar refractivity (Wildman–Crippen MR) is 62.2 cm³/mol. The van der Waals surface area contributed by atoms with Gasteiger partial charge in [-0.3, -0.25) is 14.8 Å². The second kappa shape index (κ2) is 5.23. The van der Waals surface area contributed by atoms with Crippen LogP contribution >= 0.6 is 0 Å². The number of aliphatic carboxylic acids is 1. The predicted octanol–water partition coefficient (Wildman–Crippen LogP) is 1.43. The van der Waals surface area contributed by atoms with Crippen molar-refractivity contribution < 1.29 is 15.0 Å². The van der Waals surface area contributed by atoms with E-state index >= 15 is 0 Å². The van der Waals surface area contributed by atoms with Crippen LogP contribution in [0.3, 0.4) is 0 Å². The number of hydrogen-bond donors (Lipinski definition) is 2. The van der Waals surface area contributed by atoms with E-state index in [-0.39, 0.29) is 11.6 Å². The molecule has 0 fully saturated rings. The summed E-state index contributed by atoms with van der Waals surface area (Å²) in [6.45, 7) is 5.18. The van der Waals surface area contributed by atoms with Crippen molar-refractivity contribution in [3.63, 3.8) is 0 Å². The molecule has 0 aliphatic heterocycles. The second-order valence-electron chi connectivity index (χ2n) is 4.44. The molecule has 0 radical (unpaired) electrons. The van der Waals surface area contributed by atoms with Crippen molar-refractivity contribution in [2.45, 2.75) is 32.8 Å². The molecule has 94 valence electrons. The molecule has 0 saturated heterocycles. The van der Waals surface area contributed by atoms with Gasteiger partial charge in [0.2, 0.25) is 0 Å². The summed E-state index contributed by atoms with van der Waals surface area (Å²) in [4.78, 5) is 19.2. The number of carboxylic acids is 1. The maximum absolute atomic E-state index is 11.3. The number of carbonyl (C=O) groups is 1. The van der Waals surface area contributed by atoms with E-state index in [0.29, 0.717) is 6.42 Å². The zero-order chi connectivity index (χ0) is 13.1. The van der Waals surface area contributed by atoms with Gasteiger partial charge in [0.25, 0.3) is 0 Å². The van der Waals surface area contributed by atoms with Crippen molar-refractivity contribution in [3.8, 4) is 0 Å². The lowest BCUT2D eigenvalue weighted by molar-refractivity contribution is -0.156. The highest BCUT2D eigenvalue weighted by molar-refractivity contribution is 5.72. The molecule has 2 N–H and O–H groups in total. The third kappa shape index (κ3) is 2.79. The molecule has 5 heteroatoms. The average Bonchev–Trinajstić information content (AvgIpc) is 2.29. The van der Waals surface area contributed by atoms with Crippen molar-refractivity contribution >= 4 is 5.97 Å². The fourth-order valence-corrected chi connectivity index (χ4v) is 1.99. The third-order valence-corrected chi connectivity index (χ3v) is 3.17. The van der Waals surface area contributed by atoms with Crippen molar-refractivity contribution in [1.29, 1.82) is 0 Å². The Morgan fingerprint density at radius 1 is 1.53 bits per heavy atom. The van der Waals surface area contributed by atoms with Crippen LogP contribution in [0.5, 0.6) is 0 Å². The van der Waals surface area contributed by atoms with E-state index in [2.05, 4.69) is 9.97 Å². The van der Waals surface area contributed by atoms with E-state index < -0.39 is 17.5 Å². The molecule has 0 bridgehead atoms. The van der Waals surface area contributed by atoms with E-state index in [9.17, 15) is 15.0 Å². The number of rotatable bonds is 5. The first-order valence-corrected chi connectivity index (χ1v) is 5.62. The van der Waals surface area contributed by atoms with E-state index in [4.69, 9.17) is 0 Å². The number of hydrogen-bond acceptors (Lipinski definition) is 4. The monoisotopic (exact) mass is 238 g/mol. The van der Waals surface area contributed by atoms with Crippen molar-refractivity contribution in [2.24, 2.45) is 11.8 Å². The van der Waals surface area contributed by atoms with Gasteiger partial charge in [-0.1, -0.05) is 20.3 Å². The van der Waals surface area contributed by atoms with Gasteiger partial charge >= 0.3 is 5.97 Å². The van der Waals surface area contributed by atoms with Crippen LogP contribution in [0.2, 0.25) is 0 Å². The quantitative estimate of drug-likeness (QED) is 0.810. The van der Waals surface area contributed by atoms with Crippen LogP contribution in [0.4, 0.5) is 0 Å². The molecule has 17 heavy (non-hydrogen) atoms. The fraction of sp³-hybridized carbons (Fsp3) is 0.583. The molecule has 0 aliphatic rings. The molecular formula is C12H18N2O3. The molecule has 1 aromatic rings. The van der Waals surface area contributed by atoms with Gasteiger partial charge in [0.15, 0.2) is 0 Å². The van der Waals surface area contributed by atoms with Crippen LogP contribution in [0.15, 0.2) is 18.6 Å². The topological polar surface area (TPSA) is 83.3 Å². The first-order valence-electron chi connectivity index (χ1n) is 5.62. The molecule has 0 aromatic carbocycles. The lowest BCUT2D eigenvalue weighted by Gasteiger charge is -2.32. The van der Waals surface area contributed by atoms with Gasteiger partial charge in [-0.05, 0) is 12.8 Å². The molecule has 0 aliphatic carbocycles. The molecule has 1 heterocycles. The second-order valence-corrected chi connectivity index (χ2v) is 4.44. The highest BCUT2D eigenvalue weighted by Crippen LogP contribution is 2.34. The molecular weight excluding hydrogens is 220 g/mol. The Hall–Kier alpha value is -1.49. The summed E-state index contributed by atoms with van der Waals surface area (Å²) in [5.41, 5.74) is -1.23. The largest absolute Gasteiger partial charge is 0.481 e. The summed E-state index contributed by atoms with van der Waals surface area (Å²) < 4.78 is 0. The SMILES string of the molecule is CCC(C)C(C(=O)O)C(C)(O)c1cnccn1. The van der Waals surface area contributed by atoms with E-state index in [0.717, 1.165) is 0 Å². The molecule has 5 nitrogen and oxygen atoms in total. The lowest BCUT2D eigenvalue weighted by Crippen LogP contribution is -2.41. The summed E-state index contributed by atoms with van der Waals surface area (Å²) in [5, 5.41) is 19.7. The standard InChI is InChI=1S/C12H18N2O3/c1-4-8(2)10(11(15)16)12(3,17)9-7-13-5-6-14-9/h5-8,10,17H,4H2,1-3H3,(H,15,16). The maximum Gasteiger partial charge on any atom is 0.310 e. The van der Waals surface area contributed by atoms with Crippen LogP contribution in [-0.4, -0.2) is 26.2 Å². The molecule has 3 atom stereocenters. The lowest BCUT2D eigenvalue weighted by atomic mass is 9.77. The summed E-state index contributed by atoms with van der Waals surface area (Å²) in [7, 11) is 0. The van der Waals surface area contributed by atoms with E-state index in [1.54, 1.807) is 0 Å². The molecule has 1 aromatic heterocycles. The van der Waals surface area contributed by atoms with E-state index in [1.165, 1.54) is 25.5 Å². The van der Waals surface area contributed by atoms with Crippen molar-refractivity contribution in [2.75, 3.05) is 0 Å². The van der Waals surface area contributed by atoms with Gasteiger partial charge in [0.1, 0.15) is 5.60 Å². The Bertz CT molecular complexity index is 379. The summed E-state index contributed by atoms with van der Waals surface area (Å²) >= 11 is 0. The molecule has 1 rings (SSSR count). The van der Waals surface area contributed by atoms with E-state index in [1.807, 2.05) is 13.8 Å². The highest BCUT2D eigenvalue weighted by Gasteiger charge is 2.43. The fourth-order valence-electron chi connectivity index (χ4n) is 1.99. The minimum absolute atomic E-state index is 0.149. The number of aromatic nitrogens is 2. The smallest absolute Gasteiger partial charge is 0.310 e. The van der Waals surface area contributed by atoms with Gasteiger partial charge < -0.3 is 10.2 Å². The van der Waals surface area contributed by atoms with Crippen LogP contribution < -0.4 is 0 Å². The van der Waals surface area contributed by atoms with Crippen molar-refractivity contribution in [1.82, 2.24) is 9.97 Å². The molecule has 0 amide bonds. The van der Waals surface area contributed by atoms with Crippen LogP contribution in [0, 0.1) is 11.8 Å². The minimum atomic E-state index is -1.52. The van der Waals surface area contributed by atoms with Gasteiger partial charge in [0, 0.05) is 12.4 Å². The Balaban J connectivity index is 3.13. The first-order chi connectivity index (χ1) is 7.91. The van der Waals surface area contributed by atoms with Crippen LogP contribution in [-0.2, 0) is 10.4 Å². The third-order valence-electron chi connectivity index (χ3n) is 3.17. The summed E-state index contributed by atoms with van der Waals surface area (Å²) in [6, 6.07) is 0. The normalized spacial score (nSPS) is 18.1. The van der Waals surface area contributed by atoms with Crippen LogP contribution in [0.25, 0.3) is 0 Å². The average molecular weight is 238 g/mol. The van der Waals surface area contributed by atoms with Gasteiger partial charge in [-0.2, -0.15) is 0 Å².